The smallest absolute Gasteiger partial charge is 0.0558 e. The van der Waals surface area contributed by atoms with Crippen LogP contribution in [0.2, 0.25) is 0 Å². The standard InChI is InChI=1S/C18H18S/c1-13-14(2)19-18(16-11-7-4-8-12-16)17(13)15-9-5-3-6-10-15/h3-12,14,18H,1-2H3/t14-,18+/m1/s1. The molecule has 0 spiro atoms. The van der Waals surface area contributed by atoms with Crippen molar-refractivity contribution in [1.82, 2.24) is 0 Å². The highest BCUT2D eigenvalue weighted by molar-refractivity contribution is 8.01. The summed E-state index contributed by atoms with van der Waals surface area (Å²) in [5.41, 5.74) is 5.80. The van der Waals surface area contributed by atoms with Crippen LogP contribution in [0.3, 0.4) is 0 Å². The van der Waals surface area contributed by atoms with Gasteiger partial charge in [0, 0.05) is 5.25 Å². The van der Waals surface area contributed by atoms with E-state index in [2.05, 4.69) is 86.3 Å². The molecular formula is C18H18S. The van der Waals surface area contributed by atoms with E-state index in [0.717, 1.165) is 0 Å². The van der Waals surface area contributed by atoms with Gasteiger partial charge in [0.2, 0.25) is 0 Å². The average Bonchev–Trinajstić information content (AvgIpc) is 2.77. The fourth-order valence-electron chi connectivity index (χ4n) is 2.67. The van der Waals surface area contributed by atoms with E-state index in [1.54, 1.807) is 0 Å². The van der Waals surface area contributed by atoms with E-state index in [-0.39, 0.29) is 0 Å². The summed E-state index contributed by atoms with van der Waals surface area (Å²) in [5, 5.41) is 1.07. The second-order valence-electron chi connectivity index (χ2n) is 5.03. The molecule has 0 aliphatic carbocycles. The summed E-state index contributed by atoms with van der Waals surface area (Å²) in [5.74, 6) is 0. The molecule has 96 valence electrons. The van der Waals surface area contributed by atoms with Crippen LogP contribution in [-0.2, 0) is 0 Å². The highest BCUT2D eigenvalue weighted by Crippen LogP contribution is 2.52. The first-order valence-electron chi connectivity index (χ1n) is 6.74. The quantitative estimate of drug-likeness (QED) is 0.707. The zero-order chi connectivity index (χ0) is 13.2. The summed E-state index contributed by atoms with van der Waals surface area (Å²) in [6.07, 6.45) is 0. The molecule has 0 unspecified atom stereocenters. The third-order valence-corrected chi connectivity index (χ3v) is 5.37. The van der Waals surface area contributed by atoms with E-state index < -0.39 is 0 Å². The Morgan fingerprint density at radius 3 is 2.05 bits per heavy atom. The Morgan fingerprint density at radius 2 is 1.42 bits per heavy atom. The maximum atomic E-state index is 2.31. The van der Waals surface area contributed by atoms with Crippen molar-refractivity contribution in [3.8, 4) is 0 Å². The molecule has 0 nitrogen and oxygen atoms in total. The molecule has 1 heterocycles. The predicted molar refractivity (Wildman–Crippen MR) is 85.3 cm³/mol. The molecule has 2 atom stereocenters. The Labute approximate surface area is 119 Å². The first-order chi connectivity index (χ1) is 9.27. The molecule has 1 aliphatic rings. The Morgan fingerprint density at radius 1 is 0.842 bits per heavy atom. The Kier molecular flexibility index (Phi) is 3.48. The van der Waals surface area contributed by atoms with Crippen LogP contribution in [0.1, 0.15) is 30.2 Å². The van der Waals surface area contributed by atoms with Crippen LogP contribution >= 0.6 is 11.8 Å². The lowest BCUT2D eigenvalue weighted by Gasteiger charge is -2.15. The number of benzene rings is 2. The number of hydrogen-bond donors (Lipinski definition) is 0. The SMILES string of the molecule is CC1=C(c2ccccc2)[C@H](c2ccccc2)S[C@@H]1C. The summed E-state index contributed by atoms with van der Waals surface area (Å²) >= 11 is 2.06. The molecule has 3 rings (SSSR count). The monoisotopic (exact) mass is 266 g/mol. The molecule has 2 aromatic carbocycles. The first-order valence-corrected chi connectivity index (χ1v) is 7.68. The van der Waals surface area contributed by atoms with Crippen LogP contribution in [0.25, 0.3) is 5.57 Å². The van der Waals surface area contributed by atoms with Crippen LogP contribution in [-0.4, -0.2) is 5.25 Å². The van der Waals surface area contributed by atoms with Gasteiger partial charge in [0.1, 0.15) is 0 Å². The molecule has 1 heteroatoms. The molecule has 0 N–H and O–H groups in total. The van der Waals surface area contributed by atoms with Crippen molar-refractivity contribution in [2.45, 2.75) is 24.3 Å². The summed E-state index contributed by atoms with van der Waals surface area (Å²) in [7, 11) is 0. The van der Waals surface area contributed by atoms with Crippen LogP contribution < -0.4 is 0 Å². The summed E-state index contributed by atoms with van der Waals surface area (Å²) in [6, 6.07) is 21.6. The molecule has 0 radical (unpaired) electrons. The molecule has 0 saturated heterocycles. The van der Waals surface area contributed by atoms with Gasteiger partial charge in [-0.05, 0) is 30.5 Å². The van der Waals surface area contributed by atoms with E-state index in [1.165, 1.54) is 22.3 Å². The van der Waals surface area contributed by atoms with E-state index in [0.29, 0.717) is 10.5 Å². The molecule has 0 bridgehead atoms. The van der Waals surface area contributed by atoms with E-state index in [4.69, 9.17) is 0 Å². The number of thioether (sulfide) groups is 1. The molecular weight excluding hydrogens is 248 g/mol. The molecule has 0 aromatic heterocycles. The minimum Gasteiger partial charge on any atom is -0.141 e. The zero-order valence-corrected chi connectivity index (χ0v) is 12.2. The highest BCUT2D eigenvalue weighted by atomic mass is 32.2. The van der Waals surface area contributed by atoms with Crippen molar-refractivity contribution in [1.29, 1.82) is 0 Å². The number of hydrogen-bond acceptors (Lipinski definition) is 1. The van der Waals surface area contributed by atoms with Crippen molar-refractivity contribution >= 4 is 17.3 Å². The number of rotatable bonds is 2. The highest BCUT2D eigenvalue weighted by Gasteiger charge is 2.30. The molecule has 0 saturated carbocycles. The molecule has 2 aromatic rings. The summed E-state index contributed by atoms with van der Waals surface area (Å²) < 4.78 is 0. The van der Waals surface area contributed by atoms with Crippen molar-refractivity contribution < 1.29 is 0 Å². The lowest BCUT2D eigenvalue weighted by molar-refractivity contribution is 1.14. The van der Waals surface area contributed by atoms with Crippen molar-refractivity contribution in [3.63, 3.8) is 0 Å². The minimum atomic E-state index is 0.471. The maximum absolute atomic E-state index is 2.31. The van der Waals surface area contributed by atoms with Gasteiger partial charge in [-0.15, -0.1) is 11.8 Å². The lowest BCUT2D eigenvalue weighted by Crippen LogP contribution is -1.94. The topological polar surface area (TPSA) is 0 Å². The third-order valence-electron chi connectivity index (χ3n) is 3.82. The largest absolute Gasteiger partial charge is 0.141 e. The van der Waals surface area contributed by atoms with Crippen molar-refractivity contribution in [3.05, 3.63) is 77.4 Å². The van der Waals surface area contributed by atoms with Crippen molar-refractivity contribution in [2.24, 2.45) is 0 Å². The van der Waals surface area contributed by atoms with Crippen molar-refractivity contribution in [2.75, 3.05) is 0 Å². The molecule has 0 fully saturated rings. The van der Waals surface area contributed by atoms with Gasteiger partial charge >= 0.3 is 0 Å². The van der Waals surface area contributed by atoms with Crippen LogP contribution in [0, 0.1) is 0 Å². The Bertz CT molecular complexity index is 584. The summed E-state index contributed by atoms with van der Waals surface area (Å²) in [4.78, 5) is 0. The molecule has 19 heavy (non-hydrogen) atoms. The van der Waals surface area contributed by atoms with Gasteiger partial charge in [-0.2, -0.15) is 0 Å². The third kappa shape index (κ3) is 2.35. The van der Waals surface area contributed by atoms with Gasteiger partial charge in [0.15, 0.2) is 0 Å². The zero-order valence-electron chi connectivity index (χ0n) is 11.3. The second-order valence-corrected chi connectivity index (χ2v) is 6.48. The Hall–Kier alpha value is -1.47. The van der Waals surface area contributed by atoms with E-state index >= 15 is 0 Å². The van der Waals surface area contributed by atoms with Gasteiger partial charge in [-0.3, -0.25) is 0 Å². The van der Waals surface area contributed by atoms with Gasteiger partial charge < -0.3 is 0 Å². The maximum Gasteiger partial charge on any atom is 0.0558 e. The normalized spacial score (nSPS) is 22.8. The van der Waals surface area contributed by atoms with E-state index in [1.807, 2.05) is 0 Å². The van der Waals surface area contributed by atoms with Gasteiger partial charge in [-0.25, -0.2) is 0 Å². The second kappa shape index (κ2) is 5.26. The van der Waals surface area contributed by atoms with Gasteiger partial charge in [0.05, 0.1) is 5.25 Å². The molecule has 1 aliphatic heterocycles. The van der Waals surface area contributed by atoms with Crippen LogP contribution in [0.5, 0.6) is 0 Å². The molecule has 0 amide bonds. The van der Waals surface area contributed by atoms with Gasteiger partial charge in [-0.1, -0.05) is 66.2 Å². The van der Waals surface area contributed by atoms with Crippen LogP contribution in [0.15, 0.2) is 66.2 Å². The Balaban J connectivity index is 2.07. The lowest BCUT2D eigenvalue weighted by atomic mass is 9.93. The average molecular weight is 266 g/mol. The summed E-state index contributed by atoms with van der Waals surface area (Å²) in [6.45, 7) is 4.59. The first kappa shape index (κ1) is 12.6. The predicted octanol–water partition coefficient (Wildman–Crippen LogP) is 5.34. The van der Waals surface area contributed by atoms with Gasteiger partial charge in [0.25, 0.3) is 0 Å². The fraction of sp³-hybridized carbons (Fsp3) is 0.222. The fourth-order valence-corrected chi connectivity index (χ4v) is 4.18. The van der Waals surface area contributed by atoms with E-state index in [9.17, 15) is 0 Å². The van der Waals surface area contributed by atoms with Crippen LogP contribution in [0.4, 0.5) is 0 Å². The minimum absolute atomic E-state index is 0.471.